The van der Waals surface area contributed by atoms with Crippen molar-refractivity contribution >= 4 is 50.3 Å². The van der Waals surface area contributed by atoms with Gasteiger partial charge in [0.15, 0.2) is 0 Å². The zero-order chi connectivity index (χ0) is 23.4. The molecule has 0 bridgehead atoms. The van der Waals surface area contributed by atoms with Crippen LogP contribution in [0.15, 0.2) is 22.9 Å². The molecule has 31 heavy (non-hydrogen) atoms. The second kappa shape index (κ2) is 9.78. The largest absolute Gasteiger partial charge is 0.442 e. The van der Waals surface area contributed by atoms with Crippen molar-refractivity contribution < 1.29 is 19.1 Å². The van der Waals surface area contributed by atoms with Gasteiger partial charge in [0.05, 0.1) is 22.9 Å². The number of rotatable bonds is 6. The fourth-order valence-corrected chi connectivity index (χ4v) is 2.86. The van der Waals surface area contributed by atoms with E-state index in [9.17, 15) is 9.59 Å². The van der Waals surface area contributed by atoms with Crippen molar-refractivity contribution in [3.8, 4) is 0 Å². The minimum absolute atomic E-state index is 0.100. The molecule has 0 unspecified atom stereocenters. The van der Waals surface area contributed by atoms with Crippen LogP contribution in [0, 0.1) is 0 Å². The smallest absolute Gasteiger partial charge is 0.429 e. The standard InChI is InChI=1S/C21H30BrN5O4/c1-8-30-12-16(28)25-15-11-23-14-9-13(22)10-24-17(14)18(15)26-27(20(2,3)4)19(29)31-21(5,6)7/h9-11H,8,12H2,1-7H3,(H,23,26)(H,25,28). The van der Waals surface area contributed by atoms with Gasteiger partial charge in [-0.3, -0.25) is 20.2 Å². The van der Waals surface area contributed by atoms with E-state index in [1.807, 2.05) is 27.7 Å². The zero-order valence-corrected chi connectivity index (χ0v) is 20.6. The van der Waals surface area contributed by atoms with Crippen LogP contribution in [0.1, 0.15) is 48.5 Å². The highest BCUT2D eigenvalue weighted by Gasteiger charge is 2.32. The van der Waals surface area contributed by atoms with Gasteiger partial charge in [-0.2, -0.15) is 0 Å². The van der Waals surface area contributed by atoms with E-state index in [1.54, 1.807) is 33.0 Å². The highest BCUT2D eigenvalue weighted by Crippen LogP contribution is 2.32. The molecule has 0 saturated carbocycles. The van der Waals surface area contributed by atoms with Crippen LogP contribution in [-0.4, -0.2) is 51.3 Å². The van der Waals surface area contributed by atoms with E-state index in [-0.39, 0.29) is 12.5 Å². The first-order chi connectivity index (χ1) is 14.3. The fraction of sp³-hybridized carbons (Fsp3) is 0.524. The molecule has 0 fully saturated rings. The predicted molar refractivity (Wildman–Crippen MR) is 124 cm³/mol. The lowest BCUT2D eigenvalue weighted by atomic mass is 10.1. The Hall–Kier alpha value is -2.46. The highest BCUT2D eigenvalue weighted by molar-refractivity contribution is 9.10. The number of aromatic nitrogens is 2. The average molecular weight is 496 g/mol. The number of hydrazine groups is 1. The normalized spacial score (nSPS) is 11.9. The number of anilines is 2. The van der Waals surface area contributed by atoms with Crippen molar-refractivity contribution in [2.45, 2.75) is 59.6 Å². The Morgan fingerprint density at radius 1 is 1.13 bits per heavy atom. The van der Waals surface area contributed by atoms with Crippen LogP contribution >= 0.6 is 15.9 Å². The van der Waals surface area contributed by atoms with Crippen molar-refractivity contribution in [3.05, 3.63) is 22.9 Å². The molecule has 2 heterocycles. The van der Waals surface area contributed by atoms with Crippen LogP contribution in [0.3, 0.4) is 0 Å². The molecule has 2 rings (SSSR count). The fourth-order valence-electron chi connectivity index (χ4n) is 2.54. The molecule has 0 atom stereocenters. The number of carbonyl (C=O) groups excluding carboxylic acids is 2. The molecule has 10 heteroatoms. The molecule has 0 aliphatic heterocycles. The van der Waals surface area contributed by atoms with E-state index >= 15 is 0 Å². The summed E-state index contributed by atoms with van der Waals surface area (Å²) in [5, 5.41) is 4.15. The first kappa shape index (κ1) is 24.8. The molecule has 0 radical (unpaired) electrons. The van der Waals surface area contributed by atoms with Crippen LogP contribution in [0.25, 0.3) is 11.0 Å². The maximum absolute atomic E-state index is 13.0. The number of ether oxygens (including phenoxy) is 2. The van der Waals surface area contributed by atoms with E-state index in [4.69, 9.17) is 9.47 Å². The van der Waals surface area contributed by atoms with Crippen LogP contribution in [-0.2, 0) is 14.3 Å². The number of amides is 2. The first-order valence-corrected chi connectivity index (χ1v) is 10.7. The number of hydrogen-bond acceptors (Lipinski definition) is 7. The molecule has 2 aromatic heterocycles. The van der Waals surface area contributed by atoms with E-state index in [1.165, 1.54) is 11.2 Å². The SMILES string of the molecule is CCOCC(=O)Nc1cnc2cc(Br)cnc2c1NN(C(=O)OC(C)(C)C)C(C)(C)C. The van der Waals surface area contributed by atoms with Crippen LogP contribution in [0.4, 0.5) is 16.2 Å². The second-order valence-corrected chi connectivity index (χ2v) is 9.77. The van der Waals surface area contributed by atoms with Crippen LogP contribution < -0.4 is 10.7 Å². The van der Waals surface area contributed by atoms with Gasteiger partial charge in [-0.1, -0.05) is 0 Å². The van der Waals surface area contributed by atoms with Crippen molar-refractivity contribution in [1.29, 1.82) is 0 Å². The highest BCUT2D eigenvalue weighted by atomic mass is 79.9. The first-order valence-electron chi connectivity index (χ1n) is 9.93. The number of hydrogen-bond donors (Lipinski definition) is 2. The lowest BCUT2D eigenvalue weighted by Gasteiger charge is -2.37. The molecule has 0 aliphatic rings. The maximum Gasteiger partial charge on any atom is 0.429 e. The van der Waals surface area contributed by atoms with Gasteiger partial charge in [0.2, 0.25) is 5.91 Å². The second-order valence-electron chi connectivity index (χ2n) is 8.85. The number of nitrogens with zero attached hydrogens (tertiary/aromatic N) is 3. The van der Waals surface area contributed by atoms with Gasteiger partial charge < -0.3 is 14.8 Å². The molecule has 0 saturated heterocycles. The number of pyridine rings is 2. The topological polar surface area (TPSA) is 106 Å². The van der Waals surface area contributed by atoms with Crippen LogP contribution in [0.5, 0.6) is 0 Å². The number of halogens is 1. The Morgan fingerprint density at radius 3 is 2.39 bits per heavy atom. The Labute approximate surface area is 191 Å². The van der Waals surface area contributed by atoms with Gasteiger partial charge in [0.1, 0.15) is 23.4 Å². The number of fused-ring (bicyclic) bond motifs is 1. The number of nitrogens with one attached hydrogen (secondary N) is 2. The minimum Gasteiger partial charge on any atom is -0.442 e. The summed E-state index contributed by atoms with van der Waals surface area (Å²) in [5.41, 5.74) is 3.63. The molecule has 2 amide bonds. The molecule has 0 spiro atoms. The summed E-state index contributed by atoms with van der Waals surface area (Å²) < 4.78 is 11.5. The Morgan fingerprint density at radius 2 is 1.81 bits per heavy atom. The molecule has 2 N–H and O–H groups in total. The van der Waals surface area contributed by atoms with Gasteiger partial charge >= 0.3 is 6.09 Å². The molecular weight excluding hydrogens is 466 g/mol. The molecule has 0 aromatic carbocycles. The van der Waals surface area contributed by atoms with Gasteiger partial charge in [-0.25, -0.2) is 9.80 Å². The van der Waals surface area contributed by atoms with Crippen molar-refractivity contribution in [3.63, 3.8) is 0 Å². The molecule has 0 aliphatic carbocycles. The summed E-state index contributed by atoms with van der Waals surface area (Å²) >= 11 is 3.39. The lowest BCUT2D eigenvalue weighted by Crippen LogP contribution is -2.51. The van der Waals surface area contributed by atoms with Crippen molar-refractivity contribution in [2.75, 3.05) is 24.0 Å². The summed E-state index contributed by atoms with van der Waals surface area (Å²) in [7, 11) is 0. The molecule has 2 aromatic rings. The van der Waals surface area contributed by atoms with E-state index in [0.717, 1.165) is 4.47 Å². The monoisotopic (exact) mass is 495 g/mol. The number of carbonyl (C=O) groups is 2. The molecule has 9 nitrogen and oxygen atoms in total. The van der Waals surface area contributed by atoms with E-state index < -0.39 is 17.2 Å². The average Bonchev–Trinajstić information content (AvgIpc) is 2.62. The Kier molecular flexibility index (Phi) is 7.82. The summed E-state index contributed by atoms with van der Waals surface area (Å²) in [5.74, 6) is -0.345. The van der Waals surface area contributed by atoms with Gasteiger partial charge in [-0.05, 0) is 70.5 Å². The third kappa shape index (κ3) is 7.03. The van der Waals surface area contributed by atoms with E-state index in [2.05, 4.69) is 36.6 Å². The van der Waals surface area contributed by atoms with Gasteiger partial charge in [-0.15, -0.1) is 0 Å². The summed E-state index contributed by atoms with van der Waals surface area (Å²) in [6.07, 6.45) is 2.57. The summed E-state index contributed by atoms with van der Waals surface area (Å²) in [6.45, 7) is 13.1. The van der Waals surface area contributed by atoms with Gasteiger partial charge in [0.25, 0.3) is 0 Å². The molecule has 170 valence electrons. The summed E-state index contributed by atoms with van der Waals surface area (Å²) in [4.78, 5) is 34.1. The van der Waals surface area contributed by atoms with Crippen molar-refractivity contribution in [2.24, 2.45) is 0 Å². The predicted octanol–water partition coefficient (Wildman–Crippen LogP) is 4.73. The minimum atomic E-state index is -0.680. The summed E-state index contributed by atoms with van der Waals surface area (Å²) in [6, 6.07) is 1.80. The maximum atomic E-state index is 13.0. The van der Waals surface area contributed by atoms with E-state index in [0.29, 0.717) is 29.0 Å². The Bertz CT molecular complexity index is 953. The zero-order valence-electron chi connectivity index (χ0n) is 19.0. The quantitative estimate of drug-likeness (QED) is 0.557. The van der Waals surface area contributed by atoms with Gasteiger partial charge in [0, 0.05) is 17.3 Å². The third-order valence-electron chi connectivity index (χ3n) is 3.85. The van der Waals surface area contributed by atoms with Crippen LogP contribution in [0.2, 0.25) is 0 Å². The Balaban J connectivity index is 2.53. The third-order valence-corrected chi connectivity index (χ3v) is 4.29. The van der Waals surface area contributed by atoms with Crippen molar-refractivity contribution in [1.82, 2.24) is 15.0 Å². The lowest BCUT2D eigenvalue weighted by molar-refractivity contribution is -0.120. The molecular formula is C21H30BrN5O4.